The third-order valence-electron chi connectivity index (χ3n) is 3.74. The summed E-state index contributed by atoms with van der Waals surface area (Å²) in [5.41, 5.74) is 0.704. The van der Waals surface area contributed by atoms with Crippen LogP contribution in [0.15, 0.2) is 30.3 Å². The molecule has 0 aromatic heterocycles. The summed E-state index contributed by atoms with van der Waals surface area (Å²) in [5, 5.41) is 31.0. The van der Waals surface area contributed by atoms with Crippen LogP contribution in [0.5, 0.6) is 0 Å². The van der Waals surface area contributed by atoms with Gasteiger partial charge in [-0.25, -0.2) is 14.4 Å². The summed E-state index contributed by atoms with van der Waals surface area (Å²) in [5.74, 6) is -4.80. The van der Waals surface area contributed by atoms with E-state index in [9.17, 15) is 29.1 Å². The molecule has 0 radical (unpaired) electrons. The number of carbonyl (C=O) groups is 5. The van der Waals surface area contributed by atoms with Crippen molar-refractivity contribution in [3.05, 3.63) is 35.9 Å². The lowest BCUT2D eigenvalue weighted by Gasteiger charge is -2.16. The highest BCUT2D eigenvalue weighted by Gasteiger charge is 2.24. The summed E-state index contributed by atoms with van der Waals surface area (Å²) >= 11 is 0. The molecule has 0 spiro atoms. The van der Waals surface area contributed by atoms with Gasteiger partial charge >= 0.3 is 24.0 Å². The molecule has 2 amide bonds. The molecule has 0 unspecified atom stereocenters. The number of rotatable bonds is 12. The van der Waals surface area contributed by atoms with Crippen molar-refractivity contribution in [3.63, 3.8) is 0 Å². The van der Waals surface area contributed by atoms with E-state index in [1.165, 1.54) is 0 Å². The smallest absolute Gasteiger partial charge is 0.408 e. The van der Waals surface area contributed by atoms with Crippen LogP contribution in [0.3, 0.4) is 0 Å². The standard InChI is InChI=1S/C18H22N2O9/c21-14(19-12(16(24)25)7-9-15(22)23)8-6-13(17(26)27)20-18(28)29-10-11-4-2-1-3-5-11/h1-5,12-13H,6-10H2,(H,19,21)(H,20,28)(H,22,23)(H,24,25)(H,26,27)/t12-,13-/m0/s1. The summed E-state index contributed by atoms with van der Waals surface area (Å²) in [4.78, 5) is 56.5. The first-order valence-electron chi connectivity index (χ1n) is 8.63. The number of carboxylic acids is 3. The molecule has 0 aliphatic carbocycles. The molecule has 2 atom stereocenters. The molecule has 11 nitrogen and oxygen atoms in total. The Morgan fingerprint density at radius 1 is 0.828 bits per heavy atom. The van der Waals surface area contributed by atoms with Gasteiger partial charge in [-0.3, -0.25) is 9.59 Å². The van der Waals surface area contributed by atoms with Gasteiger partial charge in [0.25, 0.3) is 0 Å². The highest BCUT2D eigenvalue weighted by atomic mass is 16.5. The Balaban J connectivity index is 2.48. The number of amides is 2. The number of carbonyl (C=O) groups excluding carboxylic acids is 2. The van der Waals surface area contributed by atoms with Crippen molar-refractivity contribution in [2.75, 3.05) is 0 Å². The second kappa shape index (κ2) is 12.0. The molecule has 0 heterocycles. The minimum absolute atomic E-state index is 0.0661. The number of benzene rings is 1. The molecule has 11 heteroatoms. The van der Waals surface area contributed by atoms with E-state index in [1.54, 1.807) is 30.3 Å². The number of ether oxygens (including phenoxy) is 1. The minimum Gasteiger partial charge on any atom is -0.481 e. The average molecular weight is 410 g/mol. The number of nitrogens with one attached hydrogen (secondary N) is 2. The monoisotopic (exact) mass is 410 g/mol. The Bertz CT molecular complexity index is 736. The molecule has 1 aromatic rings. The van der Waals surface area contributed by atoms with Gasteiger partial charge in [0, 0.05) is 12.8 Å². The lowest BCUT2D eigenvalue weighted by atomic mass is 10.1. The number of carboxylic acid groups (broad SMARTS) is 3. The predicted molar refractivity (Wildman–Crippen MR) is 96.9 cm³/mol. The maximum absolute atomic E-state index is 11.9. The normalized spacial score (nSPS) is 12.3. The van der Waals surface area contributed by atoms with Gasteiger partial charge in [0.05, 0.1) is 0 Å². The van der Waals surface area contributed by atoms with Crippen LogP contribution in [0.25, 0.3) is 0 Å². The summed E-state index contributed by atoms with van der Waals surface area (Å²) in [6.45, 7) is -0.0661. The van der Waals surface area contributed by atoms with Crippen LogP contribution < -0.4 is 10.6 Å². The number of hydrogen-bond donors (Lipinski definition) is 5. The zero-order valence-corrected chi connectivity index (χ0v) is 15.4. The summed E-state index contributed by atoms with van der Waals surface area (Å²) in [7, 11) is 0. The maximum Gasteiger partial charge on any atom is 0.408 e. The van der Waals surface area contributed by atoms with Crippen LogP contribution in [0.2, 0.25) is 0 Å². The Kier molecular flexibility index (Phi) is 9.65. The van der Waals surface area contributed by atoms with Gasteiger partial charge in [0.1, 0.15) is 18.7 Å². The number of hydrogen-bond acceptors (Lipinski definition) is 6. The molecule has 29 heavy (non-hydrogen) atoms. The van der Waals surface area contributed by atoms with E-state index >= 15 is 0 Å². The Morgan fingerprint density at radius 2 is 1.38 bits per heavy atom. The van der Waals surface area contributed by atoms with Crippen LogP contribution in [-0.2, 0) is 30.5 Å². The van der Waals surface area contributed by atoms with Crippen molar-refractivity contribution >= 4 is 29.9 Å². The van der Waals surface area contributed by atoms with Crippen LogP contribution >= 0.6 is 0 Å². The molecule has 1 aromatic carbocycles. The fraction of sp³-hybridized carbons (Fsp3) is 0.389. The van der Waals surface area contributed by atoms with E-state index in [-0.39, 0.29) is 19.4 Å². The van der Waals surface area contributed by atoms with Crippen molar-refractivity contribution < 1.29 is 44.0 Å². The molecule has 0 saturated heterocycles. The zero-order valence-electron chi connectivity index (χ0n) is 15.4. The van der Waals surface area contributed by atoms with Crippen molar-refractivity contribution in [1.29, 1.82) is 0 Å². The Labute approximate surface area is 165 Å². The van der Waals surface area contributed by atoms with Gasteiger partial charge in [-0.2, -0.15) is 0 Å². The topological polar surface area (TPSA) is 179 Å². The Hall–Kier alpha value is -3.63. The van der Waals surface area contributed by atoms with Gasteiger partial charge in [-0.1, -0.05) is 30.3 Å². The number of alkyl carbamates (subject to hydrolysis) is 1. The van der Waals surface area contributed by atoms with E-state index in [4.69, 9.17) is 14.9 Å². The van der Waals surface area contributed by atoms with Gasteiger partial charge < -0.3 is 30.7 Å². The van der Waals surface area contributed by atoms with E-state index in [0.717, 1.165) is 0 Å². The van der Waals surface area contributed by atoms with Crippen molar-refractivity contribution in [1.82, 2.24) is 10.6 Å². The molecule has 0 saturated carbocycles. The van der Waals surface area contributed by atoms with Crippen molar-refractivity contribution in [2.45, 2.75) is 44.4 Å². The minimum atomic E-state index is -1.42. The maximum atomic E-state index is 11.9. The highest BCUT2D eigenvalue weighted by molar-refractivity contribution is 5.85. The quantitative estimate of drug-likeness (QED) is 0.329. The largest absolute Gasteiger partial charge is 0.481 e. The summed E-state index contributed by atoms with van der Waals surface area (Å²) in [6.07, 6.45) is -2.46. The predicted octanol–water partition coefficient (Wildman–Crippen LogP) is 0.580. The van der Waals surface area contributed by atoms with Gasteiger partial charge in [-0.05, 0) is 18.4 Å². The van der Waals surface area contributed by atoms with Crippen LogP contribution in [0, 0.1) is 0 Å². The van der Waals surface area contributed by atoms with Crippen molar-refractivity contribution in [2.24, 2.45) is 0 Å². The summed E-state index contributed by atoms with van der Waals surface area (Å²) < 4.78 is 4.92. The molecular formula is C18H22N2O9. The first-order chi connectivity index (χ1) is 13.7. The van der Waals surface area contributed by atoms with E-state index < -0.39 is 54.8 Å². The van der Waals surface area contributed by atoms with E-state index in [2.05, 4.69) is 10.6 Å². The zero-order chi connectivity index (χ0) is 21.8. The molecule has 0 aliphatic rings. The second-order valence-corrected chi connectivity index (χ2v) is 6.03. The molecule has 0 fully saturated rings. The average Bonchev–Trinajstić information content (AvgIpc) is 2.66. The molecular weight excluding hydrogens is 388 g/mol. The third-order valence-corrected chi connectivity index (χ3v) is 3.74. The van der Waals surface area contributed by atoms with E-state index in [0.29, 0.717) is 5.56 Å². The molecule has 0 aliphatic heterocycles. The van der Waals surface area contributed by atoms with Crippen LogP contribution in [0.1, 0.15) is 31.2 Å². The third kappa shape index (κ3) is 9.75. The van der Waals surface area contributed by atoms with Gasteiger partial charge in [0.2, 0.25) is 5.91 Å². The highest BCUT2D eigenvalue weighted by Crippen LogP contribution is 2.04. The summed E-state index contributed by atoms with van der Waals surface area (Å²) in [6, 6.07) is 5.88. The van der Waals surface area contributed by atoms with Crippen LogP contribution in [-0.4, -0.2) is 57.3 Å². The SMILES string of the molecule is O=C(O)CC[C@H](NC(=O)CC[C@H](NC(=O)OCc1ccccc1)C(=O)O)C(=O)O. The molecule has 5 N–H and O–H groups in total. The first kappa shape index (κ1) is 23.4. The Morgan fingerprint density at radius 3 is 1.93 bits per heavy atom. The second-order valence-electron chi connectivity index (χ2n) is 6.03. The fourth-order valence-corrected chi connectivity index (χ4v) is 2.23. The number of aliphatic carboxylic acids is 3. The van der Waals surface area contributed by atoms with E-state index in [1.807, 2.05) is 0 Å². The lowest BCUT2D eigenvalue weighted by Crippen LogP contribution is -2.44. The van der Waals surface area contributed by atoms with Gasteiger partial charge in [0.15, 0.2) is 0 Å². The fourth-order valence-electron chi connectivity index (χ4n) is 2.23. The molecule has 158 valence electrons. The van der Waals surface area contributed by atoms with Gasteiger partial charge in [-0.15, -0.1) is 0 Å². The lowest BCUT2D eigenvalue weighted by molar-refractivity contribution is -0.143. The van der Waals surface area contributed by atoms with Crippen LogP contribution in [0.4, 0.5) is 4.79 Å². The molecule has 0 bridgehead atoms. The first-order valence-corrected chi connectivity index (χ1v) is 8.63. The van der Waals surface area contributed by atoms with Crippen molar-refractivity contribution in [3.8, 4) is 0 Å². The molecule has 1 rings (SSSR count).